The number of amides is 1. The minimum atomic E-state index is -3.88. The predicted molar refractivity (Wildman–Crippen MR) is 112 cm³/mol. The van der Waals surface area contributed by atoms with Crippen LogP contribution in [0.4, 0.5) is 5.69 Å². The number of nitrogens with two attached hydrogens (primary N) is 1. The maximum Gasteiger partial charge on any atom is 0.262 e. The van der Waals surface area contributed by atoms with Crippen LogP contribution in [-0.4, -0.2) is 29.6 Å². The topological polar surface area (TPSA) is 124 Å². The Morgan fingerprint density at radius 2 is 2.07 bits per heavy atom. The number of hydrogen-bond donors (Lipinski definition) is 2. The molecule has 0 saturated heterocycles. The molecule has 148 valence electrons. The van der Waals surface area contributed by atoms with Gasteiger partial charge in [-0.1, -0.05) is 11.8 Å². The Kier molecular flexibility index (Phi) is 5.62. The normalized spacial score (nSPS) is 11.7. The SMILES string of the molecule is Cc1cc(S(N)(=O)=O)cc(NC(=O)CSc2nc3sccc3c(=O)n2C)c1C. The molecule has 3 aromatic rings. The average molecular weight is 439 g/mol. The molecule has 0 fully saturated rings. The van der Waals surface area contributed by atoms with Gasteiger partial charge in [-0.05, 0) is 48.6 Å². The average Bonchev–Trinajstić information content (AvgIpc) is 3.08. The second-order valence-electron chi connectivity index (χ2n) is 6.19. The summed E-state index contributed by atoms with van der Waals surface area (Å²) in [5.74, 6) is -0.338. The molecule has 11 heteroatoms. The molecular formula is C17H18N4O4S3. The number of anilines is 1. The number of nitrogens with one attached hydrogen (secondary N) is 1. The summed E-state index contributed by atoms with van der Waals surface area (Å²) in [5, 5.41) is 10.7. The Balaban J connectivity index is 1.79. The minimum Gasteiger partial charge on any atom is -0.325 e. The first-order chi connectivity index (χ1) is 13.1. The molecule has 0 aliphatic carbocycles. The number of hydrogen-bond acceptors (Lipinski definition) is 7. The van der Waals surface area contributed by atoms with E-state index in [1.165, 1.54) is 28.0 Å². The van der Waals surface area contributed by atoms with Gasteiger partial charge in [0.1, 0.15) is 4.83 Å². The lowest BCUT2D eigenvalue weighted by molar-refractivity contribution is -0.113. The second-order valence-corrected chi connectivity index (χ2v) is 9.59. The number of carbonyl (C=O) groups excluding carboxylic acids is 1. The van der Waals surface area contributed by atoms with Crippen molar-refractivity contribution in [3.8, 4) is 0 Å². The van der Waals surface area contributed by atoms with E-state index < -0.39 is 10.0 Å². The first kappa shape index (κ1) is 20.5. The van der Waals surface area contributed by atoms with Crippen molar-refractivity contribution in [1.29, 1.82) is 0 Å². The third-order valence-corrected chi connectivity index (χ3v) is 6.97. The molecule has 3 N–H and O–H groups in total. The zero-order valence-corrected chi connectivity index (χ0v) is 17.8. The number of nitrogens with zero attached hydrogens (tertiary/aromatic N) is 2. The van der Waals surface area contributed by atoms with E-state index >= 15 is 0 Å². The van der Waals surface area contributed by atoms with Crippen LogP contribution in [0.3, 0.4) is 0 Å². The molecule has 0 aliphatic heterocycles. The summed E-state index contributed by atoms with van der Waals surface area (Å²) in [6.07, 6.45) is 0. The zero-order chi connectivity index (χ0) is 20.6. The highest BCUT2D eigenvalue weighted by Crippen LogP contribution is 2.25. The first-order valence-electron chi connectivity index (χ1n) is 8.09. The lowest BCUT2D eigenvalue weighted by Crippen LogP contribution is -2.21. The van der Waals surface area contributed by atoms with E-state index in [1.807, 2.05) is 0 Å². The quantitative estimate of drug-likeness (QED) is 0.464. The van der Waals surface area contributed by atoms with Crippen LogP contribution in [-0.2, 0) is 21.9 Å². The fourth-order valence-corrected chi connectivity index (χ4v) is 4.75. The molecule has 1 amide bonds. The van der Waals surface area contributed by atoms with Crippen LogP contribution >= 0.6 is 23.1 Å². The largest absolute Gasteiger partial charge is 0.325 e. The van der Waals surface area contributed by atoms with Crippen LogP contribution in [0.25, 0.3) is 10.2 Å². The van der Waals surface area contributed by atoms with Crippen molar-refractivity contribution in [2.75, 3.05) is 11.1 Å². The number of carbonyl (C=O) groups is 1. The summed E-state index contributed by atoms with van der Waals surface area (Å²) in [5.41, 5.74) is 1.66. The maximum atomic E-state index is 12.4. The molecule has 0 bridgehead atoms. The van der Waals surface area contributed by atoms with Crippen molar-refractivity contribution in [2.45, 2.75) is 23.9 Å². The molecule has 2 heterocycles. The fraction of sp³-hybridized carbons (Fsp3) is 0.235. The molecule has 3 rings (SSSR count). The van der Waals surface area contributed by atoms with Crippen LogP contribution < -0.4 is 16.0 Å². The molecule has 0 unspecified atom stereocenters. The van der Waals surface area contributed by atoms with Gasteiger partial charge in [0.05, 0.1) is 16.0 Å². The summed E-state index contributed by atoms with van der Waals surface area (Å²) in [6, 6.07) is 4.52. The molecule has 1 aromatic carbocycles. The lowest BCUT2D eigenvalue weighted by atomic mass is 10.1. The Morgan fingerprint density at radius 3 is 2.75 bits per heavy atom. The van der Waals surface area contributed by atoms with Crippen LogP contribution in [0.5, 0.6) is 0 Å². The molecule has 28 heavy (non-hydrogen) atoms. The third-order valence-electron chi connectivity index (χ3n) is 4.24. The first-order valence-corrected chi connectivity index (χ1v) is 11.5. The third kappa shape index (κ3) is 4.12. The molecule has 0 atom stereocenters. The van der Waals surface area contributed by atoms with Gasteiger partial charge >= 0.3 is 0 Å². The Bertz CT molecular complexity index is 1250. The summed E-state index contributed by atoms with van der Waals surface area (Å²) >= 11 is 2.49. The van der Waals surface area contributed by atoms with Gasteiger partial charge in [-0.2, -0.15) is 0 Å². The van der Waals surface area contributed by atoms with Crippen LogP contribution in [0.1, 0.15) is 11.1 Å². The highest BCUT2D eigenvalue weighted by atomic mass is 32.2. The van der Waals surface area contributed by atoms with E-state index in [4.69, 9.17) is 5.14 Å². The van der Waals surface area contributed by atoms with E-state index in [0.717, 1.165) is 17.3 Å². The van der Waals surface area contributed by atoms with E-state index in [-0.39, 0.29) is 22.1 Å². The summed E-state index contributed by atoms with van der Waals surface area (Å²) < 4.78 is 24.6. The fourth-order valence-electron chi connectivity index (χ4n) is 2.55. The number of thioether (sulfide) groups is 1. The van der Waals surface area contributed by atoms with E-state index in [1.54, 1.807) is 32.3 Å². The molecule has 8 nitrogen and oxygen atoms in total. The molecule has 0 saturated carbocycles. The lowest BCUT2D eigenvalue weighted by Gasteiger charge is -2.13. The van der Waals surface area contributed by atoms with Gasteiger partial charge in [0.25, 0.3) is 5.56 Å². The van der Waals surface area contributed by atoms with Crippen molar-refractivity contribution >= 4 is 54.9 Å². The van der Waals surface area contributed by atoms with Crippen molar-refractivity contribution in [2.24, 2.45) is 12.2 Å². The van der Waals surface area contributed by atoms with Gasteiger partial charge in [-0.25, -0.2) is 18.5 Å². The number of thiophene rings is 1. The molecule has 0 aliphatic rings. The zero-order valence-electron chi connectivity index (χ0n) is 15.3. The van der Waals surface area contributed by atoms with Gasteiger partial charge in [-0.3, -0.25) is 14.2 Å². The highest BCUT2D eigenvalue weighted by molar-refractivity contribution is 7.99. The number of fused-ring (bicyclic) bond motifs is 1. The van der Waals surface area contributed by atoms with E-state index in [9.17, 15) is 18.0 Å². The van der Waals surface area contributed by atoms with Gasteiger partial charge in [0.2, 0.25) is 15.9 Å². The Morgan fingerprint density at radius 1 is 1.36 bits per heavy atom. The van der Waals surface area contributed by atoms with Crippen molar-refractivity contribution < 1.29 is 13.2 Å². The number of benzene rings is 1. The van der Waals surface area contributed by atoms with E-state index in [2.05, 4.69) is 10.3 Å². The van der Waals surface area contributed by atoms with E-state index in [0.29, 0.717) is 26.6 Å². The molecule has 0 spiro atoms. The van der Waals surface area contributed by atoms with Crippen molar-refractivity contribution in [3.63, 3.8) is 0 Å². The van der Waals surface area contributed by atoms with Crippen molar-refractivity contribution in [3.05, 3.63) is 45.1 Å². The summed E-state index contributed by atoms with van der Waals surface area (Å²) in [7, 11) is -2.28. The Labute approximate surface area is 169 Å². The molecule has 0 radical (unpaired) electrons. The van der Waals surface area contributed by atoms with Crippen LogP contribution in [0.15, 0.2) is 38.4 Å². The standard InChI is InChI=1S/C17H18N4O4S3/c1-9-6-11(28(18,24)25)7-13(10(9)2)19-14(22)8-27-17-20-15-12(4-5-26-15)16(23)21(17)3/h4-7H,8H2,1-3H3,(H,19,22)(H2,18,24,25). The number of aromatic nitrogens is 2. The van der Waals surface area contributed by atoms with Gasteiger partial charge in [-0.15, -0.1) is 11.3 Å². The monoisotopic (exact) mass is 438 g/mol. The second kappa shape index (κ2) is 7.66. The highest BCUT2D eigenvalue weighted by Gasteiger charge is 2.16. The minimum absolute atomic E-state index is 0.00918. The smallest absolute Gasteiger partial charge is 0.262 e. The van der Waals surface area contributed by atoms with Crippen molar-refractivity contribution in [1.82, 2.24) is 9.55 Å². The number of rotatable bonds is 5. The van der Waals surface area contributed by atoms with Crippen LogP contribution in [0, 0.1) is 13.8 Å². The van der Waals surface area contributed by atoms with Gasteiger partial charge in [0.15, 0.2) is 5.16 Å². The van der Waals surface area contributed by atoms with Gasteiger partial charge in [0, 0.05) is 12.7 Å². The molecule has 2 aromatic heterocycles. The van der Waals surface area contributed by atoms with Gasteiger partial charge < -0.3 is 5.32 Å². The number of aryl methyl sites for hydroxylation is 1. The maximum absolute atomic E-state index is 12.4. The number of sulfonamides is 1. The summed E-state index contributed by atoms with van der Waals surface area (Å²) in [6.45, 7) is 3.52. The van der Waals surface area contributed by atoms with Crippen LogP contribution in [0.2, 0.25) is 0 Å². The number of primary sulfonamides is 1. The Hall–Kier alpha value is -2.21. The summed E-state index contributed by atoms with van der Waals surface area (Å²) in [4.78, 5) is 29.7. The molecular weight excluding hydrogens is 420 g/mol. The predicted octanol–water partition coefficient (Wildman–Crippen LogP) is 1.99.